The normalized spacial score (nSPS) is 26.3. The molecule has 0 saturated carbocycles. The number of hydrogen-bond donors (Lipinski definition) is 1. The molecule has 0 bridgehead atoms. The first-order chi connectivity index (χ1) is 8.26. The second-order valence-electron chi connectivity index (χ2n) is 4.52. The van der Waals surface area contributed by atoms with Crippen LogP contribution in [-0.4, -0.2) is 54.6 Å². The van der Waals surface area contributed by atoms with E-state index in [1.54, 1.807) is 0 Å². The summed E-state index contributed by atoms with van der Waals surface area (Å²) in [5.41, 5.74) is 1.24. The molecule has 1 fully saturated rings. The molecule has 1 aromatic rings. The lowest BCUT2D eigenvalue weighted by Gasteiger charge is -2.38. The third kappa shape index (κ3) is 2.68. The van der Waals surface area contributed by atoms with Gasteiger partial charge < -0.3 is 10.1 Å². The SMILES string of the molecule is CCn1cc(C2C(CNC)OCCN2C)cn1. The third-order valence-electron chi connectivity index (χ3n) is 3.33. The summed E-state index contributed by atoms with van der Waals surface area (Å²) >= 11 is 0. The monoisotopic (exact) mass is 238 g/mol. The highest BCUT2D eigenvalue weighted by Gasteiger charge is 2.31. The van der Waals surface area contributed by atoms with Crippen LogP contribution in [0.1, 0.15) is 18.5 Å². The first kappa shape index (κ1) is 12.5. The van der Waals surface area contributed by atoms with E-state index in [4.69, 9.17) is 4.74 Å². The summed E-state index contributed by atoms with van der Waals surface area (Å²) in [4.78, 5) is 2.35. The molecule has 0 aromatic carbocycles. The van der Waals surface area contributed by atoms with E-state index in [9.17, 15) is 0 Å². The molecule has 5 heteroatoms. The Bertz CT molecular complexity index is 350. The highest BCUT2D eigenvalue weighted by atomic mass is 16.5. The van der Waals surface area contributed by atoms with Gasteiger partial charge in [0, 0.05) is 31.4 Å². The molecule has 0 amide bonds. The number of likely N-dealkylation sites (N-methyl/N-ethyl adjacent to an activating group) is 2. The van der Waals surface area contributed by atoms with Crippen LogP contribution < -0.4 is 5.32 Å². The number of nitrogens with zero attached hydrogens (tertiary/aromatic N) is 3. The van der Waals surface area contributed by atoms with Crippen molar-refractivity contribution in [3.8, 4) is 0 Å². The zero-order valence-corrected chi connectivity index (χ0v) is 10.9. The third-order valence-corrected chi connectivity index (χ3v) is 3.33. The van der Waals surface area contributed by atoms with Crippen LogP contribution in [0.2, 0.25) is 0 Å². The fourth-order valence-electron chi connectivity index (χ4n) is 2.41. The first-order valence-electron chi connectivity index (χ1n) is 6.25. The lowest BCUT2D eigenvalue weighted by atomic mass is 10.0. The predicted octanol–water partition coefficient (Wildman–Crippen LogP) is 0.494. The van der Waals surface area contributed by atoms with Gasteiger partial charge in [0.25, 0.3) is 0 Å². The van der Waals surface area contributed by atoms with E-state index in [1.165, 1.54) is 5.56 Å². The van der Waals surface area contributed by atoms with Crippen molar-refractivity contribution in [2.24, 2.45) is 0 Å². The zero-order valence-electron chi connectivity index (χ0n) is 10.9. The van der Waals surface area contributed by atoms with E-state index < -0.39 is 0 Å². The Kier molecular flexibility index (Phi) is 4.15. The number of hydrogen-bond acceptors (Lipinski definition) is 4. The first-order valence-corrected chi connectivity index (χ1v) is 6.25. The molecule has 96 valence electrons. The van der Waals surface area contributed by atoms with Gasteiger partial charge in [0.05, 0.1) is 24.9 Å². The molecule has 2 unspecified atom stereocenters. The maximum atomic E-state index is 5.86. The highest BCUT2D eigenvalue weighted by molar-refractivity contribution is 5.14. The van der Waals surface area contributed by atoms with Crippen LogP contribution in [0.4, 0.5) is 0 Å². The van der Waals surface area contributed by atoms with Crippen LogP contribution >= 0.6 is 0 Å². The number of ether oxygens (including phenoxy) is 1. The Hall–Kier alpha value is -0.910. The molecule has 0 radical (unpaired) electrons. The molecule has 1 saturated heterocycles. The topological polar surface area (TPSA) is 42.3 Å². The summed E-state index contributed by atoms with van der Waals surface area (Å²) in [7, 11) is 4.11. The van der Waals surface area contributed by atoms with Crippen molar-refractivity contribution in [1.29, 1.82) is 0 Å². The number of nitrogens with one attached hydrogen (secondary N) is 1. The lowest BCUT2D eigenvalue weighted by molar-refractivity contribution is -0.0606. The standard InChI is InChI=1S/C12H22N4O/c1-4-16-9-10(7-14-16)12-11(8-13-2)17-6-5-15(12)3/h7,9,11-13H,4-6,8H2,1-3H3. The summed E-state index contributed by atoms with van der Waals surface area (Å²) in [6.45, 7) is 5.66. The van der Waals surface area contributed by atoms with Gasteiger partial charge in [-0.15, -0.1) is 0 Å². The fraction of sp³-hybridized carbons (Fsp3) is 0.750. The van der Waals surface area contributed by atoms with E-state index in [1.807, 2.05) is 17.9 Å². The van der Waals surface area contributed by atoms with Gasteiger partial charge in [-0.25, -0.2) is 0 Å². The minimum atomic E-state index is 0.202. The van der Waals surface area contributed by atoms with Crippen molar-refractivity contribution in [3.05, 3.63) is 18.0 Å². The highest BCUT2D eigenvalue weighted by Crippen LogP contribution is 2.27. The van der Waals surface area contributed by atoms with Gasteiger partial charge >= 0.3 is 0 Å². The van der Waals surface area contributed by atoms with E-state index in [0.29, 0.717) is 6.04 Å². The van der Waals surface area contributed by atoms with Crippen molar-refractivity contribution in [2.45, 2.75) is 25.6 Å². The van der Waals surface area contributed by atoms with Gasteiger partial charge in [-0.05, 0) is 21.0 Å². The quantitative estimate of drug-likeness (QED) is 0.829. The number of rotatable bonds is 4. The summed E-state index contributed by atoms with van der Waals surface area (Å²) in [5, 5.41) is 7.55. The molecule has 5 nitrogen and oxygen atoms in total. The molecular formula is C12H22N4O. The van der Waals surface area contributed by atoms with Crippen molar-refractivity contribution < 1.29 is 4.74 Å². The largest absolute Gasteiger partial charge is 0.374 e. The predicted molar refractivity (Wildman–Crippen MR) is 66.9 cm³/mol. The summed E-state index contributed by atoms with van der Waals surface area (Å²) < 4.78 is 7.82. The van der Waals surface area contributed by atoms with E-state index in [-0.39, 0.29) is 6.10 Å². The van der Waals surface area contributed by atoms with E-state index >= 15 is 0 Å². The molecule has 0 spiro atoms. The van der Waals surface area contributed by atoms with Crippen LogP contribution in [0.3, 0.4) is 0 Å². The van der Waals surface area contributed by atoms with E-state index in [0.717, 1.165) is 26.2 Å². The average Bonchev–Trinajstić information content (AvgIpc) is 2.78. The van der Waals surface area contributed by atoms with Crippen molar-refractivity contribution in [2.75, 3.05) is 33.8 Å². The van der Waals surface area contributed by atoms with Gasteiger partial charge in [-0.3, -0.25) is 9.58 Å². The summed E-state index contributed by atoms with van der Waals surface area (Å²) in [6.07, 6.45) is 4.29. The lowest BCUT2D eigenvalue weighted by Crippen LogP contribution is -2.46. The zero-order chi connectivity index (χ0) is 12.3. The minimum absolute atomic E-state index is 0.202. The van der Waals surface area contributed by atoms with Gasteiger partial charge in [0.1, 0.15) is 0 Å². The van der Waals surface area contributed by atoms with Crippen molar-refractivity contribution in [3.63, 3.8) is 0 Å². The molecule has 2 atom stereocenters. The second-order valence-corrected chi connectivity index (χ2v) is 4.52. The molecule has 0 aliphatic carbocycles. The maximum Gasteiger partial charge on any atom is 0.0897 e. The van der Waals surface area contributed by atoms with Gasteiger partial charge in [-0.1, -0.05) is 0 Å². The van der Waals surface area contributed by atoms with Crippen LogP contribution in [0, 0.1) is 0 Å². The number of morpholine rings is 1. The average molecular weight is 238 g/mol. The molecule has 1 aliphatic rings. The Labute approximate surface area is 103 Å². The molecule has 1 N–H and O–H groups in total. The Morgan fingerprint density at radius 3 is 3.06 bits per heavy atom. The number of aryl methyl sites for hydroxylation is 1. The van der Waals surface area contributed by atoms with Crippen LogP contribution in [0.15, 0.2) is 12.4 Å². The molecule has 1 aromatic heterocycles. The molecular weight excluding hydrogens is 216 g/mol. The Balaban J connectivity index is 2.18. The van der Waals surface area contributed by atoms with Crippen LogP contribution in [-0.2, 0) is 11.3 Å². The molecule has 2 rings (SSSR count). The van der Waals surface area contributed by atoms with Gasteiger partial charge in [-0.2, -0.15) is 5.10 Å². The summed E-state index contributed by atoms with van der Waals surface area (Å²) in [6, 6.07) is 0.302. The van der Waals surface area contributed by atoms with Crippen molar-refractivity contribution in [1.82, 2.24) is 20.0 Å². The number of aromatic nitrogens is 2. The van der Waals surface area contributed by atoms with Crippen LogP contribution in [0.25, 0.3) is 0 Å². The second kappa shape index (κ2) is 5.62. The molecule has 2 heterocycles. The summed E-state index contributed by atoms with van der Waals surface area (Å²) in [5.74, 6) is 0. The smallest absolute Gasteiger partial charge is 0.0897 e. The van der Waals surface area contributed by atoms with Gasteiger partial charge in [0.2, 0.25) is 0 Å². The van der Waals surface area contributed by atoms with Crippen molar-refractivity contribution >= 4 is 0 Å². The van der Waals surface area contributed by atoms with Crippen LogP contribution in [0.5, 0.6) is 0 Å². The minimum Gasteiger partial charge on any atom is -0.374 e. The maximum absolute atomic E-state index is 5.86. The molecule has 17 heavy (non-hydrogen) atoms. The molecule has 1 aliphatic heterocycles. The van der Waals surface area contributed by atoms with Gasteiger partial charge in [0.15, 0.2) is 0 Å². The Morgan fingerprint density at radius 1 is 1.59 bits per heavy atom. The Morgan fingerprint density at radius 2 is 2.41 bits per heavy atom. The fourth-order valence-corrected chi connectivity index (χ4v) is 2.41. The van der Waals surface area contributed by atoms with E-state index in [2.05, 4.69) is 35.5 Å².